The first-order valence-corrected chi connectivity index (χ1v) is 17.2. The molecule has 54 heavy (non-hydrogen) atoms. The zero-order valence-corrected chi connectivity index (χ0v) is 30.4. The minimum absolute atomic E-state index is 0.0190. The fourth-order valence-electron chi connectivity index (χ4n) is 8.34. The highest BCUT2D eigenvalue weighted by atomic mass is 16.5. The highest BCUT2D eigenvalue weighted by molar-refractivity contribution is 6.52. The van der Waals surface area contributed by atoms with Crippen LogP contribution in [0.15, 0.2) is 33.8 Å². The van der Waals surface area contributed by atoms with Gasteiger partial charge < -0.3 is 44.8 Å². The Balaban J connectivity index is 1.90. The number of fused-ring (bicyclic) bond motifs is 1. The number of hydrogen-bond acceptors (Lipinski definition) is 12. The van der Waals surface area contributed by atoms with Crippen molar-refractivity contribution in [1.82, 2.24) is 0 Å². The van der Waals surface area contributed by atoms with E-state index in [1.165, 1.54) is 40.4 Å². The van der Waals surface area contributed by atoms with E-state index < -0.39 is 66.3 Å². The predicted molar refractivity (Wildman–Crippen MR) is 195 cm³/mol. The number of phenols is 3. The lowest BCUT2D eigenvalue weighted by Crippen LogP contribution is -2.39. The second-order valence-electron chi connectivity index (χ2n) is 13.7. The van der Waals surface area contributed by atoms with Crippen LogP contribution < -0.4 is 14.2 Å². The molecule has 0 saturated heterocycles. The van der Waals surface area contributed by atoms with E-state index in [1.54, 1.807) is 19.9 Å². The van der Waals surface area contributed by atoms with Gasteiger partial charge in [-0.2, -0.15) is 0 Å². The van der Waals surface area contributed by atoms with Crippen LogP contribution in [-0.2, 0) is 19.2 Å². The largest absolute Gasteiger partial charge is 0.507 e. The van der Waals surface area contributed by atoms with E-state index in [0.29, 0.717) is 33.2 Å². The Kier molecular flexibility index (Phi) is 9.77. The molecule has 3 aromatic rings. The number of carbonyl (C=O) groups is 4. The molecule has 3 aliphatic rings. The fourth-order valence-corrected chi connectivity index (χ4v) is 8.34. The number of carboxylic acid groups (broad SMARTS) is 3. The number of allylic oxidation sites excluding steroid dienone is 2. The molecule has 0 saturated carbocycles. The Morgan fingerprint density at radius 2 is 1.39 bits per heavy atom. The van der Waals surface area contributed by atoms with E-state index in [4.69, 9.17) is 24.2 Å². The van der Waals surface area contributed by atoms with Crippen LogP contribution in [0.4, 0.5) is 0 Å². The summed E-state index contributed by atoms with van der Waals surface area (Å²) in [5.74, 6) is -7.85. The van der Waals surface area contributed by atoms with Gasteiger partial charge in [0.2, 0.25) is 0 Å². The van der Waals surface area contributed by atoms with Crippen LogP contribution in [0.2, 0.25) is 0 Å². The number of aromatic hydroxyl groups is 3. The fraction of sp³-hybridized carbons (Fsp3) is 0.385. The van der Waals surface area contributed by atoms with E-state index in [0.717, 1.165) is 0 Å². The van der Waals surface area contributed by atoms with Crippen LogP contribution in [-0.4, -0.2) is 99.2 Å². The second kappa shape index (κ2) is 14.0. The summed E-state index contributed by atoms with van der Waals surface area (Å²) in [6.07, 6.45) is 0.647. The first-order valence-electron chi connectivity index (χ1n) is 17.2. The third-order valence-electron chi connectivity index (χ3n) is 10.4. The Labute approximate surface area is 308 Å². The molecule has 0 bridgehead atoms. The highest BCUT2D eigenvalue weighted by Crippen LogP contribution is 2.65. The molecule has 0 heterocycles. The van der Waals surface area contributed by atoms with E-state index in [9.17, 15) is 49.8 Å². The average Bonchev–Trinajstić information content (AvgIpc) is 3.23. The molecule has 6 rings (SSSR count). The van der Waals surface area contributed by atoms with Crippen molar-refractivity contribution in [3.63, 3.8) is 0 Å². The molecule has 3 aliphatic carbocycles. The van der Waals surface area contributed by atoms with Crippen molar-refractivity contribution in [2.24, 2.45) is 15.9 Å². The van der Waals surface area contributed by atoms with Crippen LogP contribution in [0.3, 0.4) is 0 Å². The topological polar surface area (TPSA) is 242 Å². The van der Waals surface area contributed by atoms with Gasteiger partial charge in [-0.25, -0.2) is 4.79 Å². The number of hydrogen-bond donors (Lipinski definition) is 6. The van der Waals surface area contributed by atoms with E-state index >= 15 is 0 Å². The number of aliphatic imine (C=N–C) groups is 2. The normalized spacial score (nSPS) is 20.6. The third-order valence-corrected chi connectivity index (χ3v) is 10.4. The lowest BCUT2D eigenvalue weighted by atomic mass is 9.62. The number of ketones is 1. The minimum atomic E-state index is -1.59. The van der Waals surface area contributed by atoms with Gasteiger partial charge in [-0.3, -0.25) is 24.4 Å². The number of phenolic OH excluding ortho intramolecular Hbond substituents is 3. The summed E-state index contributed by atoms with van der Waals surface area (Å²) in [5, 5.41) is 64.8. The van der Waals surface area contributed by atoms with E-state index in [-0.39, 0.29) is 75.3 Å². The summed E-state index contributed by atoms with van der Waals surface area (Å²) in [4.78, 5) is 59.2. The molecule has 0 amide bonds. The molecular weight excluding hydrogens is 704 g/mol. The van der Waals surface area contributed by atoms with Gasteiger partial charge in [0, 0.05) is 70.5 Å². The summed E-state index contributed by atoms with van der Waals surface area (Å²) in [6, 6.07) is 0.371. The van der Waals surface area contributed by atoms with Gasteiger partial charge in [0.05, 0.1) is 44.1 Å². The minimum Gasteiger partial charge on any atom is -0.507 e. The molecular formula is C39H40N2O13. The van der Waals surface area contributed by atoms with E-state index in [2.05, 4.69) is 0 Å². The van der Waals surface area contributed by atoms with Crippen molar-refractivity contribution in [2.45, 2.75) is 70.4 Å². The first-order chi connectivity index (χ1) is 25.6. The van der Waals surface area contributed by atoms with Crippen LogP contribution in [0, 0.1) is 5.92 Å². The molecule has 284 valence electrons. The van der Waals surface area contributed by atoms with Crippen LogP contribution >= 0.6 is 0 Å². The maximum Gasteiger partial charge on any atom is 0.328 e. The monoisotopic (exact) mass is 744 g/mol. The molecule has 5 atom stereocenters. The molecule has 0 fully saturated rings. The standard InChI is InChI=1S/C39H40N2O13/c1-14-11-17-26-31-27(36(40-15(2)7-9-23(45)46)35(17)41-18(39(50)51)8-10-24(47)48)19(43)12-21(52-4)29(31)30-22(53-5)13-20(44)28-33(30)32(26)34(25(14)16(3)42)38(54-6)37(28)49/h11-13,15,17-18,25-26,43-44,49H,7-10H2,1-6H3,(H,45,46)(H,47,48)(H,50,51). The first kappa shape index (κ1) is 37.6. The average molecular weight is 745 g/mol. The Bertz CT molecular complexity index is 2250. The van der Waals surface area contributed by atoms with Crippen molar-refractivity contribution in [1.29, 1.82) is 0 Å². The van der Waals surface area contributed by atoms with Gasteiger partial charge >= 0.3 is 17.9 Å². The summed E-state index contributed by atoms with van der Waals surface area (Å²) in [7, 11) is 4.10. The van der Waals surface area contributed by atoms with Crippen molar-refractivity contribution in [3.05, 3.63) is 46.0 Å². The number of carboxylic acids is 3. The smallest absolute Gasteiger partial charge is 0.328 e. The van der Waals surface area contributed by atoms with Gasteiger partial charge in [-0.1, -0.05) is 11.6 Å². The number of Topliss-reactive ketones (excluding diaryl/α,β-unsaturated/α-hetero) is 1. The summed E-state index contributed by atoms with van der Waals surface area (Å²) >= 11 is 0. The maximum absolute atomic E-state index is 13.7. The van der Waals surface area contributed by atoms with Gasteiger partial charge in [0.15, 0.2) is 11.5 Å². The van der Waals surface area contributed by atoms with Crippen molar-refractivity contribution in [2.75, 3.05) is 21.3 Å². The zero-order valence-electron chi connectivity index (χ0n) is 30.4. The van der Waals surface area contributed by atoms with Crippen molar-refractivity contribution < 1.29 is 64.0 Å². The molecule has 15 nitrogen and oxygen atoms in total. The Hall–Kier alpha value is -6.12. The molecule has 0 radical (unpaired) electrons. The van der Waals surface area contributed by atoms with E-state index in [1.807, 2.05) is 0 Å². The number of benzene rings is 3. The van der Waals surface area contributed by atoms with Gasteiger partial charge in [-0.05, 0) is 44.7 Å². The maximum atomic E-state index is 13.7. The summed E-state index contributed by atoms with van der Waals surface area (Å²) < 4.78 is 17.5. The summed E-state index contributed by atoms with van der Waals surface area (Å²) in [5.41, 5.74) is 2.55. The lowest BCUT2D eigenvalue weighted by molar-refractivity contribution is -0.140. The molecule has 15 heteroatoms. The molecule has 0 spiro atoms. The molecule has 5 unspecified atom stereocenters. The van der Waals surface area contributed by atoms with Gasteiger partial charge in [0.25, 0.3) is 0 Å². The van der Waals surface area contributed by atoms with Gasteiger partial charge in [0.1, 0.15) is 34.8 Å². The summed E-state index contributed by atoms with van der Waals surface area (Å²) in [6.45, 7) is 4.74. The molecule has 0 aromatic heterocycles. The number of methoxy groups -OCH3 is 3. The van der Waals surface area contributed by atoms with Crippen molar-refractivity contribution in [3.8, 4) is 45.6 Å². The number of ether oxygens (including phenoxy) is 3. The quantitative estimate of drug-likeness (QED) is 0.124. The Morgan fingerprint density at radius 1 is 0.778 bits per heavy atom. The highest BCUT2D eigenvalue weighted by Gasteiger charge is 2.51. The van der Waals surface area contributed by atoms with Crippen molar-refractivity contribution >= 4 is 45.9 Å². The third kappa shape index (κ3) is 5.83. The van der Waals surface area contributed by atoms with Crippen LogP contribution in [0.5, 0.6) is 34.5 Å². The number of nitrogens with zero attached hydrogens (tertiary/aromatic N) is 2. The Morgan fingerprint density at radius 3 is 1.96 bits per heavy atom. The van der Waals surface area contributed by atoms with Gasteiger partial charge in [-0.15, -0.1) is 0 Å². The molecule has 0 aliphatic heterocycles. The number of rotatable bonds is 13. The zero-order chi connectivity index (χ0) is 39.5. The second-order valence-corrected chi connectivity index (χ2v) is 13.7. The number of carbonyl (C=O) groups excluding carboxylic acids is 1. The van der Waals surface area contributed by atoms with Crippen LogP contribution in [0.1, 0.15) is 80.5 Å². The SMILES string of the molecule is COc1cc(O)c2c3c1-c1c(OC)cc(O)c4c(O)c(OC)c5c(c14)C3C(C=C(C)C5C(C)=O)C(=NC(CCC(=O)O)C(=O)O)C2=NC(C)CCC(=O)O. The van der Waals surface area contributed by atoms with Crippen LogP contribution in [0.25, 0.3) is 21.9 Å². The molecule has 6 N–H and O–H groups in total. The number of aliphatic carboxylic acids is 3. The lowest BCUT2D eigenvalue weighted by Gasteiger charge is -2.41. The predicted octanol–water partition coefficient (Wildman–Crippen LogP) is 5.16. The molecule has 3 aromatic carbocycles.